The largest absolute Gasteiger partial charge is 0.416 e. The molecular formula is C10H9ClF3N. The predicted octanol–water partition coefficient (Wildman–Crippen LogP) is 3.24. The Bertz CT molecular complexity index is 371. The molecule has 5 heteroatoms. The average molecular weight is 236 g/mol. The van der Waals surface area contributed by atoms with Gasteiger partial charge in [0.2, 0.25) is 0 Å². The van der Waals surface area contributed by atoms with Crippen molar-refractivity contribution in [2.45, 2.75) is 6.18 Å². The van der Waals surface area contributed by atoms with Gasteiger partial charge in [-0.3, -0.25) is 0 Å². The van der Waals surface area contributed by atoms with Gasteiger partial charge < -0.3 is 5.73 Å². The number of benzene rings is 1. The molecule has 0 radical (unpaired) electrons. The molecule has 0 unspecified atom stereocenters. The molecule has 82 valence electrons. The summed E-state index contributed by atoms with van der Waals surface area (Å²) in [5.74, 6) is 0. The smallest absolute Gasteiger partial charge is 0.327 e. The first kappa shape index (κ1) is 12.1. The van der Waals surface area contributed by atoms with Crippen molar-refractivity contribution < 1.29 is 13.2 Å². The van der Waals surface area contributed by atoms with Crippen LogP contribution in [0.3, 0.4) is 0 Å². The zero-order valence-electron chi connectivity index (χ0n) is 7.68. The molecule has 0 amide bonds. The van der Waals surface area contributed by atoms with E-state index in [1.165, 1.54) is 18.2 Å². The Morgan fingerprint density at radius 1 is 1.33 bits per heavy atom. The minimum atomic E-state index is -4.44. The number of nitrogens with two attached hydrogens (primary N) is 1. The van der Waals surface area contributed by atoms with E-state index in [2.05, 4.69) is 0 Å². The van der Waals surface area contributed by atoms with Crippen molar-refractivity contribution in [1.29, 1.82) is 0 Å². The van der Waals surface area contributed by atoms with Crippen LogP contribution in [0, 0.1) is 0 Å². The van der Waals surface area contributed by atoms with Crippen LogP contribution in [0.25, 0.3) is 5.57 Å². The molecule has 1 aromatic rings. The molecule has 1 rings (SSSR count). The number of rotatable bonds is 2. The molecule has 15 heavy (non-hydrogen) atoms. The Morgan fingerprint density at radius 2 is 1.93 bits per heavy atom. The van der Waals surface area contributed by atoms with E-state index in [-0.39, 0.29) is 17.1 Å². The van der Waals surface area contributed by atoms with E-state index < -0.39 is 11.7 Å². The maximum atomic E-state index is 12.6. The predicted molar refractivity (Wildman–Crippen MR) is 54.5 cm³/mol. The highest BCUT2D eigenvalue weighted by molar-refractivity contribution is 6.32. The fourth-order valence-electron chi connectivity index (χ4n) is 1.18. The zero-order chi connectivity index (χ0) is 11.5. The molecule has 0 aliphatic carbocycles. The van der Waals surface area contributed by atoms with E-state index in [1.807, 2.05) is 0 Å². The normalized spacial score (nSPS) is 13.0. The molecule has 0 spiro atoms. The molecular weight excluding hydrogens is 227 g/mol. The number of alkyl halides is 3. The monoisotopic (exact) mass is 235 g/mol. The van der Waals surface area contributed by atoms with Crippen molar-refractivity contribution in [3.63, 3.8) is 0 Å². The molecule has 0 atom stereocenters. The minimum Gasteiger partial charge on any atom is -0.327 e. The lowest BCUT2D eigenvalue weighted by atomic mass is 10.1. The summed E-state index contributed by atoms with van der Waals surface area (Å²) in [6.07, 6.45) is -3.52. The highest BCUT2D eigenvalue weighted by Crippen LogP contribution is 2.36. The Hall–Kier alpha value is -1.00. The molecule has 0 aliphatic heterocycles. The Kier molecular flexibility index (Phi) is 3.77. The Morgan fingerprint density at radius 3 is 2.40 bits per heavy atom. The zero-order valence-corrected chi connectivity index (χ0v) is 8.44. The third-order valence-corrected chi connectivity index (χ3v) is 2.12. The molecule has 0 fully saturated rings. The van der Waals surface area contributed by atoms with E-state index in [0.29, 0.717) is 0 Å². The van der Waals surface area contributed by atoms with Crippen LogP contribution in [0.15, 0.2) is 30.3 Å². The summed E-state index contributed by atoms with van der Waals surface area (Å²) in [6.45, 7) is -0.180. The number of allylic oxidation sites excluding steroid dienone is 1. The summed E-state index contributed by atoms with van der Waals surface area (Å²) in [5.41, 5.74) is 4.25. The number of hydrogen-bond donors (Lipinski definition) is 1. The van der Waals surface area contributed by atoms with E-state index >= 15 is 0 Å². The highest BCUT2D eigenvalue weighted by atomic mass is 35.5. The first-order valence-electron chi connectivity index (χ1n) is 4.19. The van der Waals surface area contributed by atoms with Gasteiger partial charge in [0, 0.05) is 17.1 Å². The third kappa shape index (κ3) is 2.97. The summed E-state index contributed by atoms with van der Waals surface area (Å²) in [6, 6.07) is 5.80. The van der Waals surface area contributed by atoms with Crippen LogP contribution in [-0.2, 0) is 0 Å². The first-order chi connectivity index (χ1) is 6.96. The fraction of sp³-hybridized carbons (Fsp3) is 0.200. The van der Waals surface area contributed by atoms with Crippen molar-refractivity contribution in [3.8, 4) is 0 Å². The van der Waals surface area contributed by atoms with Crippen molar-refractivity contribution >= 4 is 17.2 Å². The second-order valence-corrected chi connectivity index (χ2v) is 3.24. The van der Waals surface area contributed by atoms with Crippen molar-refractivity contribution in [1.82, 2.24) is 0 Å². The second kappa shape index (κ2) is 4.68. The molecule has 0 bridgehead atoms. The van der Waals surface area contributed by atoms with Gasteiger partial charge in [-0.05, 0) is 6.07 Å². The van der Waals surface area contributed by atoms with Crippen LogP contribution >= 0.6 is 11.6 Å². The molecule has 0 saturated heterocycles. The quantitative estimate of drug-likeness (QED) is 0.837. The van der Waals surface area contributed by atoms with Gasteiger partial charge >= 0.3 is 6.18 Å². The van der Waals surface area contributed by atoms with Gasteiger partial charge in [0.1, 0.15) is 0 Å². The van der Waals surface area contributed by atoms with Gasteiger partial charge in [0.15, 0.2) is 0 Å². The minimum absolute atomic E-state index is 0.0443. The Balaban J connectivity index is 3.24. The van der Waals surface area contributed by atoms with Crippen LogP contribution in [0.1, 0.15) is 5.56 Å². The maximum Gasteiger partial charge on any atom is 0.416 e. The van der Waals surface area contributed by atoms with Crippen LogP contribution < -0.4 is 5.73 Å². The lowest BCUT2D eigenvalue weighted by Crippen LogP contribution is -2.13. The molecule has 2 N–H and O–H groups in total. The van der Waals surface area contributed by atoms with Crippen LogP contribution in [0.5, 0.6) is 0 Å². The standard InChI is InChI=1S/C10H9ClF3N/c11-9-4-2-1-3-7(9)8(5-6-15)10(12,13)14/h1-5H,6,15H2/b8-5+. The van der Waals surface area contributed by atoms with Crippen LogP contribution in [0.4, 0.5) is 13.2 Å². The van der Waals surface area contributed by atoms with Gasteiger partial charge in [0.25, 0.3) is 0 Å². The summed E-state index contributed by atoms with van der Waals surface area (Å²) in [4.78, 5) is 0. The molecule has 0 saturated carbocycles. The van der Waals surface area contributed by atoms with E-state index in [0.717, 1.165) is 6.08 Å². The molecule has 0 aromatic heterocycles. The van der Waals surface area contributed by atoms with Crippen molar-refractivity contribution in [2.75, 3.05) is 6.54 Å². The van der Waals surface area contributed by atoms with Gasteiger partial charge in [-0.2, -0.15) is 13.2 Å². The maximum absolute atomic E-state index is 12.6. The second-order valence-electron chi connectivity index (χ2n) is 2.83. The number of hydrogen-bond acceptors (Lipinski definition) is 1. The number of halogens is 4. The summed E-state index contributed by atoms with van der Waals surface area (Å²) in [7, 11) is 0. The summed E-state index contributed by atoms with van der Waals surface area (Å²) in [5, 5.41) is 0.0644. The van der Waals surface area contributed by atoms with E-state index in [4.69, 9.17) is 17.3 Å². The molecule has 0 heterocycles. The SMILES string of the molecule is NC/C=C(\c1ccccc1Cl)C(F)(F)F. The van der Waals surface area contributed by atoms with Gasteiger partial charge in [-0.25, -0.2) is 0 Å². The van der Waals surface area contributed by atoms with Gasteiger partial charge in [0.05, 0.1) is 5.57 Å². The fourth-order valence-corrected chi connectivity index (χ4v) is 1.41. The average Bonchev–Trinajstić information content (AvgIpc) is 2.14. The molecule has 0 aliphatic rings. The first-order valence-corrected chi connectivity index (χ1v) is 4.57. The third-order valence-electron chi connectivity index (χ3n) is 1.79. The van der Waals surface area contributed by atoms with E-state index in [1.54, 1.807) is 6.07 Å². The summed E-state index contributed by atoms with van der Waals surface area (Å²) >= 11 is 5.68. The summed E-state index contributed by atoms with van der Waals surface area (Å²) < 4.78 is 37.8. The highest BCUT2D eigenvalue weighted by Gasteiger charge is 2.35. The van der Waals surface area contributed by atoms with Gasteiger partial charge in [-0.15, -0.1) is 0 Å². The van der Waals surface area contributed by atoms with Crippen LogP contribution in [0.2, 0.25) is 5.02 Å². The molecule has 1 nitrogen and oxygen atoms in total. The molecule has 1 aromatic carbocycles. The van der Waals surface area contributed by atoms with Crippen molar-refractivity contribution in [2.24, 2.45) is 5.73 Å². The van der Waals surface area contributed by atoms with E-state index in [9.17, 15) is 13.2 Å². The van der Waals surface area contributed by atoms with Gasteiger partial charge in [-0.1, -0.05) is 35.9 Å². The van der Waals surface area contributed by atoms with Crippen molar-refractivity contribution in [3.05, 3.63) is 40.9 Å². The lowest BCUT2D eigenvalue weighted by Gasteiger charge is -2.13. The lowest BCUT2D eigenvalue weighted by molar-refractivity contribution is -0.0690. The Labute approximate surface area is 90.3 Å². The topological polar surface area (TPSA) is 26.0 Å². The van der Waals surface area contributed by atoms with Crippen LogP contribution in [-0.4, -0.2) is 12.7 Å².